The van der Waals surface area contributed by atoms with Gasteiger partial charge < -0.3 is 9.84 Å². The van der Waals surface area contributed by atoms with Gasteiger partial charge in [-0.3, -0.25) is 4.98 Å². The van der Waals surface area contributed by atoms with Gasteiger partial charge in [0.25, 0.3) is 0 Å². The van der Waals surface area contributed by atoms with Crippen molar-refractivity contribution in [2.24, 2.45) is 5.92 Å². The second kappa shape index (κ2) is 6.39. The van der Waals surface area contributed by atoms with E-state index in [1.807, 2.05) is 12.1 Å². The van der Waals surface area contributed by atoms with Crippen LogP contribution in [0.4, 0.5) is 0 Å². The van der Waals surface area contributed by atoms with Crippen molar-refractivity contribution in [2.45, 2.75) is 44.6 Å². The number of fused-ring (bicyclic) bond motifs is 1. The van der Waals surface area contributed by atoms with Gasteiger partial charge in [0.15, 0.2) is 0 Å². The fraction of sp³-hybridized carbons (Fsp3) is 0.529. The van der Waals surface area contributed by atoms with E-state index in [9.17, 15) is 5.11 Å². The largest absolute Gasteiger partial charge is 0.481 e. The summed E-state index contributed by atoms with van der Waals surface area (Å²) in [7, 11) is 1.60. The van der Waals surface area contributed by atoms with E-state index in [2.05, 4.69) is 9.97 Å². The first-order chi connectivity index (χ1) is 10.3. The molecule has 21 heavy (non-hydrogen) atoms. The standard InChI is InChI=1S/C17H22N2O2/c1-21-16-8-7-14-17(19-16)13(9-10-18-14)15(20)11-12-5-3-2-4-6-12/h7-10,12,15,20H,2-6,11H2,1H3. The maximum absolute atomic E-state index is 10.6. The lowest BCUT2D eigenvalue weighted by Crippen LogP contribution is -2.11. The zero-order valence-corrected chi connectivity index (χ0v) is 12.5. The molecule has 1 aliphatic carbocycles. The maximum atomic E-state index is 10.6. The van der Waals surface area contributed by atoms with Gasteiger partial charge >= 0.3 is 0 Å². The van der Waals surface area contributed by atoms with E-state index in [1.165, 1.54) is 32.1 Å². The topological polar surface area (TPSA) is 55.2 Å². The van der Waals surface area contributed by atoms with E-state index < -0.39 is 6.10 Å². The minimum Gasteiger partial charge on any atom is -0.481 e. The van der Waals surface area contributed by atoms with E-state index in [4.69, 9.17) is 4.74 Å². The predicted octanol–water partition coefficient (Wildman–Crippen LogP) is 3.64. The number of aromatic nitrogens is 2. The van der Waals surface area contributed by atoms with E-state index in [-0.39, 0.29) is 0 Å². The van der Waals surface area contributed by atoms with Crippen LogP contribution in [0.3, 0.4) is 0 Å². The van der Waals surface area contributed by atoms with E-state index >= 15 is 0 Å². The minimum absolute atomic E-state index is 0.474. The monoisotopic (exact) mass is 286 g/mol. The first-order valence-corrected chi connectivity index (χ1v) is 7.75. The van der Waals surface area contributed by atoms with Crippen LogP contribution in [0.1, 0.15) is 50.2 Å². The van der Waals surface area contributed by atoms with Crippen LogP contribution >= 0.6 is 0 Å². The van der Waals surface area contributed by atoms with Crippen LogP contribution in [0.5, 0.6) is 5.88 Å². The highest BCUT2D eigenvalue weighted by Gasteiger charge is 2.20. The number of ether oxygens (including phenoxy) is 1. The van der Waals surface area contributed by atoms with Crippen LogP contribution in [0.25, 0.3) is 11.0 Å². The fourth-order valence-electron chi connectivity index (χ4n) is 3.28. The summed E-state index contributed by atoms with van der Waals surface area (Å²) in [6.45, 7) is 0. The number of nitrogens with zero attached hydrogens (tertiary/aromatic N) is 2. The molecule has 2 heterocycles. The summed E-state index contributed by atoms with van der Waals surface area (Å²) >= 11 is 0. The summed E-state index contributed by atoms with van der Waals surface area (Å²) in [5, 5.41) is 10.6. The summed E-state index contributed by atoms with van der Waals surface area (Å²) in [5.41, 5.74) is 2.42. The van der Waals surface area contributed by atoms with Crippen molar-refractivity contribution in [1.29, 1.82) is 0 Å². The number of methoxy groups -OCH3 is 1. The summed E-state index contributed by atoms with van der Waals surface area (Å²) in [6, 6.07) is 5.56. The number of pyridine rings is 2. The highest BCUT2D eigenvalue weighted by atomic mass is 16.5. The summed E-state index contributed by atoms with van der Waals surface area (Å²) in [6.07, 6.45) is 8.48. The molecule has 1 saturated carbocycles. The van der Waals surface area contributed by atoms with Gasteiger partial charge in [0.2, 0.25) is 5.88 Å². The Morgan fingerprint density at radius 1 is 1.24 bits per heavy atom. The molecule has 1 aliphatic rings. The minimum atomic E-state index is -0.474. The van der Waals surface area contributed by atoms with Gasteiger partial charge in [0.05, 0.1) is 24.2 Å². The van der Waals surface area contributed by atoms with E-state index in [0.717, 1.165) is 23.0 Å². The molecular weight excluding hydrogens is 264 g/mol. The molecule has 3 rings (SSSR count). The lowest BCUT2D eigenvalue weighted by atomic mass is 9.84. The molecule has 4 nitrogen and oxygen atoms in total. The Bertz CT molecular complexity index is 609. The number of hydrogen-bond donors (Lipinski definition) is 1. The molecule has 0 saturated heterocycles. The Labute approximate surface area is 125 Å². The Morgan fingerprint density at radius 2 is 2.05 bits per heavy atom. The van der Waals surface area contributed by atoms with Crippen LogP contribution in [0.2, 0.25) is 0 Å². The number of aliphatic hydroxyl groups is 1. The Morgan fingerprint density at radius 3 is 2.81 bits per heavy atom. The molecule has 0 aromatic carbocycles. The second-order valence-corrected chi connectivity index (χ2v) is 5.88. The molecule has 112 valence electrons. The van der Waals surface area contributed by atoms with Crippen LogP contribution in [-0.2, 0) is 0 Å². The molecule has 0 amide bonds. The van der Waals surface area contributed by atoms with Gasteiger partial charge in [-0.25, -0.2) is 4.98 Å². The molecule has 4 heteroatoms. The fourth-order valence-corrected chi connectivity index (χ4v) is 3.28. The van der Waals surface area contributed by atoms with Crippen molar-refractivity contribution in [3.8, 4) is 5.88 Å². The van der Waals surface area contributed by atoms with Gasteiger partial charge in [0.1, 0.15) is 0 Å². The van der Waals surface area contributed by atoms with Crippen molar-refractivity contribution in [2.75, 3.05) is 7.11 Å². The Balaban J connectivity index is 1.87. The third-order valence-corrected chi connectivity index (χ3v) is 4.44. The van der Waals surface area contributed by atoms with E-state index in [0.29, 0.717) is 11.8 Å². The van der Waals surface area contributed by atoms with Crippen LogP contribution in [0, 0.1) is 5.92 Å². The van der Waals surface area contributed by atoms with Gasteiger partial charge in [-0.05, 0) is 24.5 Å². The van der Waals surface area contributed by atoms with Gasteiger partial charge in [-0.2, -0.15) is 0 Å². The molecule has 0 spiro atoms. The number of aliphatic hydroxyl groups excluding tert-OH is 1. The SMILES string of the molecule is COc1ccc2nccc(C(O)CC3CCCCC3)c2n1. The van der Waals surface area contributed by atoms with Crippen molar-refractivity contribution in [1.82, 2.24) is 9.97 Å². The van der Waals surface area contributed by atoms with Gasteiger partial charge in [0, 0.05) is 17.8 Å². The van der Waals surface area contributed by atoms with Crippen LogP contribution in [-0.4, -0.2) is 22.2 Å². The van der Waals surface area contributed by atoms with Crippen molar-refractivity contribution >= 4 is 11.0 Å². The van der Waals surface area contributed by atoms with Gasteiger partial charge in [-0.1, -0.05) is 32.1 Å². The maximum Gasteiger partial charge on any atom is 0.213 e. The first-order valence-electron chi connectivity index (χ1n) is 7.75. The molecule has 2 aromatic rings. The first kappa shape index (κ1) is 14.3. The lowest BCUT2D eigenvalue weighted by Gasteiger charge is -2.24. The summed E-state index contributed by atoms with van der Waals surface area (Å²) in [4.78, 5) is 8.78. The van der Waals surface area contributed by atoms with Crippen molar-refractivity contribution in [3.05, 3.63) is 30.0 Å². The van der Waals surface area contributed by atoms with Gasteiger partial charge in [-0.15, -0.1) is 0 Å². The van der Waals surface area contributed by atoms with Crippen molar-refractivity contribution in [3.63, 3.8) is 0 Å². The average molecular weight is 286 g/mol. The molecule has 2 aromatic heterocycles. The molecule has 1 unspecified atom stereocenters. The smallest absolute Gasteiger partial charge is 0.213 e. The second-order valence-electron chi connectivity index (χ2n) is 5.88. The van der Waals surface area contributed by atoms with Crippen LogP contribution < -0.4 is 4.74 Å². The summed E-state index contributed by atoms with van der Waals surface area (Å²) < 4.78 is 5.19. The van der Waals surface area contributed by atoms with E-state index in [1.54, 1.807) is 19.4 Å². The summed E-state index contributed by atoms with van der Waals surface area (Å²) in [5.74, 6) is 1.18. The molecule has 1 atom stereocenters. The molecule has 0 radical (unpaired) electrons. The molecule has 1 fully saturated rings. The third-order valence-electron chi connectivity index (χ3n) is 4.44. The normalized spacial score (nSPS) is 17.8. The third kappa shape index (κ3) is 3.16. The van der Waals surface area contributed by atoms with Crippen LogP contribution in [0.15, 0.2) is 24.4 Å². The highest BCUT2D eigenvalue weighted by Crippen LogP contribution is 2.33. The quantitative estimate of drug-likeness (QED) is 0.932. The Hall–Kier alpha value is -1.68. The Kier molecular flexibility index (Phi) is 4.34. The molecular formula is C17H22N2O2. The molecule has 0 aliphatic heterocycles. The molecule has 0 bridgehead atoms. The number of rotatable bonds is 4. The zero-order chi connectivity index (χ0) is 14.7. The molecule has 1 N–H and O–H groups in total. The number of hydrogen-bond acceptors (Lipinski definition) is 4. The highest BCUT2D eigenvalue weighted by molar-refractivity contribution is 5.78. The zero-order valence-electron chi connectivity index (χ0n) is 12.5. The lowest BCUT2D eigenvalue weighted by molar-refractivity contribution is 0.132. The average Bonchev–Trinajstić information content (AvgIpc) is 2.54. The van der Waals surface area contributed by atoms with Crippen molar-refractivity contribution < 1.29 is 9.84 Å². The predicted molar refractivity (Wildman–Crippen MR) is 82.2 cm³/mol.